The number of halogens is 3. The van der Waals surface area contributed by atoms with Crippen LogP contribution in [0, 0.1) is 6.92 Å². The summed E-state index contributed by atoms with van der Waals surface area (Å²) >= 11 is 3.29. The molecule has 0 spiro atoms. The van der Waals surface area contributed by atoms with Crippen LogP contribution in [0.2, 0.25) is 0 Å². The van der Waals surface area contributed by atoms with Crippen molar-refractivity contribution in [3.8, 4) is 0 Å². The summed E-state index contributed by atoms with van der Waals surface area (Å²) in [7, 11) is 0. The molecule has 1 aromatic rings. The van der Waals surface area contributed by atoms with Gasteiger partial charge in [0.15, 0.2) is 5.67 Å². The molecule has 0 saturated heterocycles. The first-order valence-electron chi connectivity index (χ1n) is 5.87. The largest absolute Gasteiger partial charge is 0.366 e. The van der Waals surface area contributed by atoms with Crippen LogP contribution < -0.4 is 11.5 Å². The lowest BCUT2D eigenvalue weighted by Gasteiger charge is -2.33. The van der Waals surface area contributed by atoms with Crippen molar-refractivity contribution in [3.05, 3.63) is 57.4 Å². The predicted molar refractivity (Wildman–Crippen MR) is 76.1 cm³/mol. The van der Waals surface area contributed by atoms with Crippen molar-refractivity contribution in [2.75, 3.05) is 0 Å². The van der Waals surface area contributed by atoms with Gasteiger partial charge in [0.2, 0.25) is 5.91 Å². The highest BCUT2D eigenvalue weighted by molar-refractivity contribution is 9.10. The monoisotopic (exact) mass is 342 g/mol. The van der Waals surface area contributed by atoms with E-state index in [0.29, 0.717) is 10.0 Å². The zero-order chi connectivity index (χ0) is 15.1. The number of hydrogen-bond acceptors (Lipinski definition) is 2. The Morgan fingerprint density at radius 3 is 2.70 bits per heavy atom. The fraction of sp³-hybridized carbons (Fsp3) is 0.214. The molecule has 1 aromatic carbocycles. The number of allylic oxidation sites excluding steroid dienone is 2. The molecule has 1 aliphatic rings. The fourth-order valence-corrected chi connectivity index (χ4v) is 2.66. The molecule has 0 fully saturated rings. The smallest absolute Gasteiger partial charge is 0.246 e. The van der Waals surface area contributed by atoms with E-state index in [-0.39, 0.29) is 11.1 Å². The van der Waals surface area contributed by atoms with Gasteiger partial charge in [0, 0.05) is 10.0 Å². The summed E-state index contributed by atoms with van der Waals surface area (Å²) in [6, 6.07) is 3.51. The molecule has 3 nitrogen and oxygen atoms in total. The standard InChI is InChI=1S/C14H13BrF2N2O/c1-7-10(3-2-4-11(7)15)14(17)6-8(16)5-9(12(14)18)13(19)20/h2-6,12H,18H2,1H3,(H2,19,20). The number of alkyl halides is 1. The van der Waals surface area contributed by atoms with Crippen LogP contribution in [-0.4, -0.2) is 11.9 Å². The summed E-state index contributed by atoms with van der Waals surface area (Å²) in [6.45, 7) is 1.68. The zero-order valence-electron chi connectivity index (χ0n) is 10.7. The third kappa shape index (κ3) is 2.29. The number of nitrogens with two attached hydrogens (primary N) is 2. The summed E-state index contributed by atoms with van der Waals surface area (Å²) < 4.78 is 29.6. The second-order valence-corrected chi connectivity index (χ2v) is 5.51. The molecule has 0 saturated carbocycles. The number of hydrogen-bond donors (Lipinski definition) is 2. The quantitative estimate of drug-likeness (QED) is 0.866. The topological polar surface area (TPSA) is 69.1 Å². The summed E-state index contributed by atoms with van der Waals surface area (Å²) in [4.78, 5) is 11.3. The van der Waals surface area contributed by atoms with Crippen molar-refractivity contribution < 1.29 is 13.6 Å². The predicted octanol–water partition coefficient (Wildman–Crippen LogP) is 2.53. The molecule has 106 valence electrons. The summed E-state index contributed by atoms with van der Waals surface area (Å²) in [6.07, 6.45) is 1.65. The van der Waals surface area contributed by atoms with Gasteiger partial charge in [-0.1, -0.05) is 28.1 Å². The van der Waals surface area contributed by atoms with Crippen LogP contribution in [0.1, 0.15) is 11.1 Å². The molecule has 0 heterocycles. The average Bonchev–Trinajstić information content (AvgIpc) is 2.36. The number of carbonyl (C=O) groups excluding carboxylic acids is 1. The van der Waals surface area contributed by atoms with Gasteiger partial charge in [-0.05, 0) is 36.3 Å². The lowest BCUT2D eigenvalue weighted by atomic mass is 9.79. The molecule has 0 aliphatic heterocycles. The summed E-state index contributed by atoms with van der Waals surface area (Å²) in [5.74, 6) is -1.81. The van der Waals surface area contributed by atoms with Crippen LogP contribution in [0.3, 0.4) is 0 Å². The first-order chi connectivity index (χ1) is 9.27. The Kier molecular flexibility index (Phi) is 3.80. The number of primary amides is 1. The van der Waals surface area contributed by atoms with Crippen molar-refractivity contribution in [3.63, 3.8) is 0 Å². The maximum atomic E-state index is 15.3. The maximum Gasteiger partial charge on any atom is 0.246 e. The SMILES string of the molecule is Cc1c(Br)cccc1C1(F)C=C(F)C=C(C(N)=O)C1N. The Morgan fingerprint density at radius 1 is 1.45 bits per heavy atom. The first kappa shape index (κ1) is 14.9. The summed E-state index contributed by atoms with van der Waals surface area (Å²) in [5.41, 5.74) is 9.12. The van der Waals surface area contributed by atoms with Gasteiger partial charge in [-0.2, -0.15) is 0 Å². The van der Waals surface area contributed by atoms with Gasteiger partial charge in [-0.3, -0.25) is 4.79 Å². The van der Waals surface area contributed by atoms with Gasteiger partial charge in [0.25, 0.3) is 0 Å². The molecule has 2 unspecified atom stereocenters. The molecule has 0 bridgehead atoms. The molecule has 2 atom stereocenters. The Morgan fingerprint density at radius 2 is 2.10 bits per heavy atom. The second kappa shape index (κ2) is 5.10. The van der Waals surface area contributed by atoms with E-state index in [1.165, 1.54) is 6.07 Å². The minimum atomic E-state index is -2.32. The maximum absolute atomic E-state index is 15.3. The van der Waals surface area contributed by atoms with E-state index < -0.39 is 23.4 Å². The van der Waals surface area contributed by atoms with E-state index in [4.69, 9.17) is 11.5 Å². The molecule has 4 N–H and O–H groups in total. The van der Waals surface area contributed by atoms with Crippen molar-refractivity contribution in [2.24, 2.45) is 11.5 Å². The van der Waals surface area contributed by atoms with Gasteiger partial charge in [0.05, 0.1) is 6.04 Å². The molecule has 20 heavy (non-hydrogen) atoms. The third-order valence-electron chi connectivity index (χ3n) is 3.39. The first-order valence-corrected chi connectivity index (χ1v) is 6.66. The van der Waals surface area contributed by atoms with Gasteiger partial charge in [0.1, 0.15) is 5.83 Å². The fourth-order valence-electron chi connectivity index (χ4n) is 2.29. The third-order valence-corrected chi connectivity index (χ3v) is 4.25. The van der Waals surface area contributed by atoms with E-state index in [1.54, 1.807) is 19.1 Å². The van der Waals surface area contributed by atoms with Crippen LogP contribution in [0.15, 0.2) is 46.2 Å². The summed E-state index contributed by atoms with van der Waals surface area (Å²) in [5, 5.41) is 0. The van der Waals surface area contributed by atoms with E-state index in [1.807, 2.05) is 0 Å². The minimum Gasteiger partial charge on any atom is -0.366 e. The van der Waals surface area contributed by atoms with Crippen LogP contribution in [0.4, 0.5) is 8.78 Å². The van der Waals surface area contributed by atoms with Gasteiger partial charge in [-0.25, -0.2) is 8.78 Å². The number of amides is 1. The number of rotatable bonds is 2. The number of benzene rings is 1. The van der Waals surface area contributed by atoms with Crippen molar-refractivity contribution >= 4 is 21.8 Å². The average molecular weight is 343 g/mol. The van der Waals surface area contributed by atoms with Crippen molar-refractivity contribution in [2.45, 2.75) is 18.6 Å². The Bertz CT molecular complexity index is 642. The molecule has 0 aromatic heterocycles. The highest BCUT2D eigenvalue weighted by atomic mass is 79.9. The highest BCUT2D eigenvalue weighted by Gasteiger charge is 2.44. The number of carbonyl (C=O) groups is 1. The molecule has 0 radical (unpaired) electrons. The van der Waals surface area contributed by atoms with E-state index in [0.717, 1.165) is 12.2 Å². The Balaban J connectivity index is 2.63. The van der Waals surface area contributed by atoms with Crippen LogP contribution >= 0.6 is 15.9 Å². The van der Waals surface area contributed by atoms with E-state index >= 15 is 4.39 Å². The molecule has 2 rings (SSSR count). The van der Waals surface area contributed by atoms with Gasteiger partial charge < -0.3 is 11.5 Å². The molecular formula is C14H13BrF2N2O. The lowest BCUT2D eigenvalue weighted by molar-refractivity contribution is -0.115. The van der Waals surface area contributed by atoms with Crippen LogP contribution in [-0.2, 0) is 10.5 Å². The zero-order valence-corrected chi connectivity index (χ0v) is 12.2. The Labute approximate surface area is 123 Å². The molecule has 1 amide bonds. The molecule has 1 aliphatic carbocycles. The lowest BCUT2D eigenvalue weighted by Crippen LogP contribution is -2.47. The normalized spacial score (nSPS) is 25.9. The van der Waals surface area contributed by atoms with Gasteiger partial charge >= 0.3 is 0 Å². The second-order valence-electron chi connectivity index (χ2n) is 4.65. The van der Waals surface area contributed by atoms with Gasteiger partial charge in [-0.15, -0.1) is 0 Å². The highest BCUT2D eigenvalue weighted by Crippen LogP contribution is 2.41. The van der Waals surface area contributed by atoms with Crippen LogP contribution in [0.5, 0.6) is 0 Å². The van der Waals surface area contributed by atoms with E-state index in [2.05, 4.69) is 15.9 Å². The van der Waals surface area contributed by atoms with Crippen molar-refractivity contribution in [1.29, 1.82) is 0 Å². The Hall–Kier alpha value is -1.53. The minimum absolute atomic E-state index is 0.196. The van der Waals surface area contributed by atoms with Crippen molar-refractivity contribution in [1.82, 2.24) is 0 Å². The van der Waals surface area contributed by atoms with Crippen LogP contribution in [0.25, 0.3) is 0 Å². The van der Waals surface area contributed by atoms with E-state index in [9.17, 15) is 9.18 Å². The molecule has 6 heteroatoms. The molecular weight excluding hydrogens is 330 g/mol.